The topological polar surface area (TPSA) is 71.7 Å². The molecule has 7 heteroatoms. The van der Waals surface area contributed by atoms with Crippen molar-refractivity contribution in [1.29, 1.82) is 0 Å². The van der Waals surface area contributed by atoms with Crippen molar-refractivity contribution in [2.45, 2.75) is 51.7 Å². The molecule has 1 saturated carbocycles. The van der Waals surface area contributed by atoms with Gasteiger partial charge in [-0.15, -0.1) is 0 Å². The summed E-state index contributed by atoms with van der Waals surface area (Å²) in [5.41, 5.74) is 8.21. The van der Waals surface area contributed by atoms with Crippen molar-refractivity contribution in [3.63, 3.8) is 0 Å². The van der Waals surface area contributed by atoms with Gasteiger partial charge in [0.1, 0.15) is 5.82 Å². The lowest BCUT2D eigenvalue weighted by Gasteiger charge is -2.39. The maximum absolute atomic E-state index is 13.3. The molecule has 3 aliphatic rings. The summed E-state index contributed by atoms with van der Waals surface area (Å²) in [4.78, 5) is 21.9. The van der Waals surface area contributed by atoms with Gasteiger partial charge < -0.3 is 15.4 Å². The van der Waals surface area contributed by atoms with Crippen LogP contribution >= 0.6 is 11.6 Å². The fourth-order valence-electron chi connectivity index (χ4n) is 5.89. The van der Waals surface area contributed by atoms with Gasteiger partial charge in [-0.3, -0.25) is 9.69 Å². The molecular weight excluding hydrogens is 472 g/mol. The van der Waals surface area contributed by atoms with Crippen molar-refractivity contribution in [1.82, 2.24) is 14.8 Å². The number of benzene rings is 1. The molecular formula is C29H39ClN4O2. The van der Waals surface area contributed by atoms with Crippen LogP contribution in [-0.2, 0) is 16.1 Å². The van der Waals surface area contributed by atoms with Gasteiger partial charge in [-0.1, -0.05) is 30.7 Å². The number of nitrogens with zero attached hydrogens (tertiary/aromatic N) is 3. The molecule has 2 saturated heterocycles. The van der Waals surface area contributed by atoms with Crippen LogP contribution in [0, 0.1) is 23.7 Å². The zero-order chi connectivity index (χ0) is 25.1. The second kappa shape index (κ2) is 11.5. The number of anilines is 1. The first-order chi connectivity index (χ1) is 17.5. The highest BCUT2D eigenvalue weighted by atomic mass is 35.5. The standard InChI is InChI=1S/C29H39ClN4O2/c1-20-16-25(20)19-36-28(22-2-4-26(30)5-3-22)23-9-14-34(15-10-23)29(35)24-7-12-33(13-8-24)18-21-6-11-32-27(31)17-21/h2-6,11,17,20,23-25,28H,7-10,12-16,18-19H2,1H3,(H2,31,32)/t20-,25?,28?/m0/s1. The highest BCUT2D eigenvalue weighted by Crippen LogP contribution is 2.41. The van der Waals surface area contributed by atoms with Crippen LogP contribution in [0.2, 0.25) is 5.02 Å². The van der Waals surface area contributed by atoms with Crippen molar-refractivity contribution >= 4 is 23.3 Å². The van der Waals surface area contributed by atoms with Crippen LogP contribution in [0.3, 0.4) is 0 Å². The summed E-state index contributed by atoms with van der Waals surface area (Å²) >= 11 is 6.15. The van der Waals surface area contributed by atoms with Gasteiger partial charge in [-0.25, -0.2) is 4.98 Å². The highest BCUT2D eigenvalue weighted by Gasteiger charge is 2.37. The van der Waals surface area contributed by atoms with Crippen molar-refractivity contribution in [2.75, 3.05) is 38.5 Å². The number of ether oxygens (including phenoxy) is 1. The van der Waals surface area contributed by atoms with Gasteiger partial charge in [0.2, 0.25) is 5.91 Å². The van der Waals surface area contributed by atoms with E-state index in [9.17, 15) is 4.79 Å². The number of pyridine rings is 1. The summed E-state index contributed by atoms with van der Waals surface area (Å²) in [5, 5.41) is 0.754. The molecule has 3 atom stereocenters. The number of amides is 1. The molecule has 1 aromatic carbocycles. The largest absolute Gasteiger partial charge is 0.384 e. The Morgan fingerprint density at radius 3 is 2.44 bits per heavy atom. The number of likely N-dealkylation sites (tertiary alicyclic amines) is 2. The van der Waals surface area contributed by atoms with E-state index < -0.39 is 0 Å². The molecule has 1 amide bonds. The lowest BCUT2D eigenvalue weighted by atomic mass is 9.86. The minimum absolute atomic E-state index is 0.0813. The number of nitrogen functional groups attached to an aromatic ring is 1. The minimum atomic E-state index is 0.0813. The van der Waals surface area contributed by atoms with E-state index in [0.29, 0.717) is 23.6 Å². The fourth-order valence-corrected chi connectivity index (χ4v) is 6.01. The quantitative estimate of drug-likeness (QED) is 0.529. The van der Waals surface area contributed by atoms with Crippen LogP contribution in [0.4, 0.5) is 5.82 Å². The number of carbonyl (C=O) groups excluding carboxylic acids is 1. The number of aromatic nitrogens is 1. The number of piperidine rings is 2. The molecule has 6 nitrogen and oxygen atoms in total. The zero-order valence-electron chi connectivity index (χ0n) is 21.3. The maximum Gasteiger partial charge on any atom is 0.225 e. The molecule has 2 aromatic rings. The van der Waals surface area contributed by atoms with Crippen LogP contribution in [0.25, 0.3) is 0 Å². The van der Waals surface area contributed by atoms with Gasteiger partial charge in [-0.2, -0.15) is 0 Å². The SMILES string of the molecule is C[C@H]1CC1COC(c1ccc(Cl)cc1)C1CCN(C(=O)C2CCN(Cc3ccnc(N)c3)CC2)CC1. The Labute approximate surface area is 220 Å². The third-order valence-corrected chi connectivity index (χ3v) is 8.68. The van der Waals surface area contributed by atoms with E-state index >= 15 is 0 Å². The first-order valence-corrected chi connectivity index (χ1v) is 13.9. The van der Waals surface area contributed by atoms with E-state index in [4.69, 9.17) is 22.1 Å². The number of hydrogen-bond donors (Lipinski definition) is 1. The normalized spacial score (nSPS) is 24.6. The summed E-state index contributed by atoms with van der Waals surface area (Å²) in [5.74, 6) is 2.95. The van der Waals surface area contributed by atoms with Crippen molar-refractivity contribution in [2.24, 2.45) is 23.7 Å². The van der Waals surface area contributed by atoms with E-state index in [-0.39, 0.29) is 12.0 Å². The molecule has 1 aliphatic carbocycles. The molecule has 3 fully saturated rings. The summed E-state index contributed by atoms with van der Waals surface area (Å²) in [6, 6.07) is 12.1. The summed E-state index contributed by atoms with van der Waals surface area (Å²) in [7, 11) is 0. The van der Waals surface area contributed by atoms with Gasteiger partial charge >= 0.3 is 0 Å². The van der Waals surface area contributed by atoms with E-state index in [1.165, 1.54) is 17.5 Å². The highest BCUT2D eigenvalue weighted by molar-refractivity contribution is 6.30. The molecule has 3 heterocycles. The van der Waals surface area contributed by atoms with Gasteiger partial charge in [0.05, 0.1) is 12.7 Å². The number of nitrogens with two attached hydrogens (primary N) is 1. The number of carbonyl (C=O) groups is 1. The smallest absolute Gasteiger partial charge is 0.225 e. The van der Waals surface area contributed by atoms with Crippen LogP contribution in [-0.4, -0.2) is 53.5 Å². The third-order valence-electron chi connectivity index (χ3n) is 8.43. The Morgan fingerprint density at radius 1 is 1.11 bits per heavy atom. The molecule has 2 aliphatic heterocycles. The molecule has 36 heavy (non-hydrogen) atoms. The van der Waals surface area contributed by atoms with Crippen LogP contribution in [0.5, 0.6) is 0 Å². The molecule has 0 radical (unpaired) electrons. The van der Waals surface area contributed by atoms with Gasteiger partial charge in [0.25, 0.3) is 0 Å². The number of hydrogen-bond acceptors (Lipinski definition) is 5. The van der Waals surface area contributed by atoms with Gasteiger partial charge in [-0.05, 0) is 98.3 Å². The van der Waals surface area contributed by atoms with Gasteiger partial charge in [0, 0.05) is 36.8 Å². The molecule has 194 valence electrons. The minimum Gasteiger partial charge on any atom is -0.384 e. The lowest BCUT2D eigenvalue weighted by molar-refractivity contribution is -0.139. The van der Waals surface area contributed by atoms with Crippen LogP contribution < -0.4 is 5.73 Å². The van der Waals surface area contributed by atoms with E-state index in [0.717, 1.165) is 76.0 Å². The first kappa shape index (κ1) is 25.5. The second-order valence-corrected chi connectivity index (χ2v) is 11.5. The van der Waals surface area contributed by atoms with Crippen LogP contribution in [0.15, 0.2) is 42.6 Å². The average Bonchev–Trinajstić information content (AvgIpc) is 3.60. The molecule has 5 rings (SSSR count). The molecule has 1 aromatic heterocycles. The molecule has 2 N–H and O–H groups in total. The Bertz CT molecular complexity index is 1020. The van der Waals surface area contributed by atoms with Crippen molar-refractivity contribution < 1.29 is 9.53 Å². The maximum atomic E-state index is 13.3. The Morgan fingerprint density at radius 2 is 1.81 bits per heavy atom. The van der Waals surface area contributed by atoms with Crippen molar-refractivity contribution in [3.8, 4) is 0 Å². The van der Waals surface area contributed by atoms with Gasteiger partial charge in [0.15, 0.2) is 0 Å². The lowest BCUT2D eigenvalue weighted by Crippen LogP contribution is -2.46. The number of halogens is 1. The molecule has 2 unspecified atom stereocenters. The third kappa shape index (κ3) is 6.39. The molecule has 0 bridgehead atoms. The first-order valence-electron chi connectivity index (χ1n) is 13.5. The zero-order valence-corrected chi connectivity index (χ0v) is 22.1. The number of rotatable bonds is 8. The Hall–Kier alpha value is -2.15. The van der Waals surface area contributed by atoms with E-state index in [1.54, 1.807) is 6.20 Å². The predicted octanol–water partition coefficient (Wildman–Crippen LogP) is 5.18. The van der Waals surface area contributed by atoms with Crippen LogP contribution in [0.1, 0.15) is 56.3 Å². The fraction of sp³-hybridized carbons (Fsp3) is 0.586. The predicted molar refractivity (Wildman–Crippen MR) is 143 cm³/mol. The van der Waals surface area contributed by atoms with E-state index in [2.05, 4.69) is 33.8 Å². The Balaban J connectivity index is 1.12. The Kier molecular flexibility index (Phi) is 8.14. The average molecular weight is 511 g/mol. The van der Waals surface area contributed by atoms with E-state index in [1.807, 2.05) is 24.3 Å². The second-order valence-electron chi connectivity index (χ2n) is 11.1. The van der Waals surface area contributed by atoms with Crippen molar-refractivity contribution in [3.05, 3.63) is 58.7 Å². The summed E-state index contributed by atoms with van der Waals surface area (Å²) in [6.07, 6.45) is 6.95. The monoisotopic (exact) mass is 510 g/mol. The summed E-state index contributed by atoms with van der Waals surface area (Å²) in [6.45, 7) is 7.54. The summed E-state index contributed by atoms with van der Waals surface area (Å²) < 4.78 is 6.52. The molecule has 0 spiro atoms.